The monoisotopic (exact) mass is 302 g/mol. The predicted octanol–water partition coefficient (Wildman–Crippen LogP) is 2.90. The van der Waals surface area contributed by atoms with Gasteiger partial charge in [-0.15, -0.1) is 0 Å². The van der Waals surface area contributed by atoms with E-state index in [1.165, 1.54) is 12.1 Å². The van der Waals surface area contributed by atoms with E-state index in [0.717, 1.165) is 11.3 Å². The van der Waals surface area contributed by atoms with Crippen LogP contribution in [0.2, 0.25) is 0 Å². The minimum atomic E-state index is -0.270. The average Bonchev–Trinajstić information content (AvgIpc) is 2.47. The van der Waals surface area contributed by atoms with Crippen LogP contribution in [0.3, 0.4) is 0 Å². The summed E-state index contributed by atoms with van der Waals surface area (Å²) < 4.78 is 18.2. The van der Waals surface area contributed by atoms with Crippen molar-refractivity contribution in [2.45, 2.75) is 6.54 Å². The molecule has 2 rings (SSSR count). The van der Waals surface area contributed by atoms with Crippen molar-refractivity contribution in [1.29, 1.82) is 0 Å². The molecule has 1 N–H and O–H groups in total. The van der Waals surface area contributed by atoms with Crippen molar-refractivity contribution < 1.29 is 13.9 Å². The number of carbonyl (C=O) groups is 1. The lowest BCUT2D eigenvalue weighted by Crippen LogP contribution is -2.29. The summed E-state index contributed by atoms with van der Waals surface area (Å²) in [7, 11) is 3.41. The molecule has 2 aromatic rings. The Morgan fingerprint density at radius 1 is 1.23 bits per heavy atom. The summed E-state index contributed by atoms with van der Waals surface area (Å²) in [6, 6.07) is 13.5. The number of hydrogen-bond acceptors (Lipinski definition) is 3. The number of halogens is 1. The highest BCUT2D eigenvalue weighted by Gasteiger charge is 2.08. The van der Waals surface area contributed by atoms with Crippen LogP contribution in [0.4, 0.5) is 10.1 Å². The van der Waals surface area contributed by atoms with Crippen LogP contribution in [0.5, 0.6) is 5.75 Å². The number of anilines is 1. The fraction of sp³-hybridized carbons (Fsp3) is 0.235. The molecule has 0 atom stereocenters. The van der Waals surface area contributed by atoms with Gasteiger partial charge in [0.1, 0.15) is 11.6 Å². The molecule has 116 valence electrons. The summed E-state index contributed by atoms with van der Waals surface area (Å²) >= 11 is 0. The molecule has 0 fully saturated rings. The van der Waals surface area contributed by atoms with E-state index in [2.05, 4.69) is 5.32 Å². The number of carbonyl (C=O) groups excluding carboxylic acids is 1. The van der Waals surface area contributed by atoms with Crippen LogP contribution in [0.25, 0.3) is 0 Å². The molecule has 0 saturated heterocycles. The summed E-state index contributed by atoms with van der Waals surface area (Å²) in [5.74, 6) is 0.346. The molecule has 0 bridgehead atoms. The molecule has 2 aromatic carbocycles. The number of likely N-dealkylation sites (N-methyl/N-ethyl adjacent to an activating group) is 1. The van der Waals surface area contributed by atoms with Gasteiger partial charge in [0.2, 0.25) is 5.91 Å². The number of methoxy groups -OCH3 is 1. The van der Waals surface area contributed by atoms with E-state index in [1.54, 1.807) is 37.4 Å². The Bertz CT molecular complexity index is 629. The second kappa shape index (κ2) is 7.56. The molecule has 0 radical (unpaired) electrons. The molecule has 0 aromatic heterocycles. The van der Waals surface area contributed by atoms with Crippen molar-refractivity contribution in [3.8, 4) is 5.75 Å². The maximum absolute atomic E-state index is 13.1. The first-order valence-electron chi connectivity index (χ1n) is 6.93. The van der Waals surface area contributed by atoms with Gasteiger partial charge in [-0.2, -0.15) is 0 Å². The van der Waals surface area contributed by atoms with Crippen molar-refractivity contribution in [3.05, 3.63) is 59.9 Å². The van der Waals surface area contributed by atoms with Crippen molar-refractivity contribution in [2.75, 3.05) is 26.0 Å². The van der Waals surface area contributed by atoms with Gasteiger partial charge in [0.05, 0.1) is 13.7 Å². The van der Waals surface area contributed by atoms with Crippen LogP contribution in [-0.4, -0.2) is 31.5 Å². The van der Waals surface area contributed by atoms with Gasteiger partial charge in [0.15, 0.2) is 0 Å². The Morgan fingerprint density at radius 2 is 1.95 bits per heavy atom. The lowest BCUT2D eigenvalue weighted by atomic mass is 10.2. The van der Waals surface area contributed by atoms with E-state index in [1.807, 2.05) is 18.0 Å². The Labute approximate surface area is 129 Å². The number of ether oxygens (including phenoxy) is 1. The molecule has 0 spiro atoms. The fourth-order valence-electron chi connectivity index (χ4n) is 2.12. The second-order valence-electron chi connectivity index (χ2n) is 5.08. The summed E-state index contributed by atoms with van der Waals surface area (Å²) in [6.45, 7) is 0.732. The number of amides is 1. The highest BCUT2D eigenvalue weighted by molar-refractivity contribution is 5.92. The predicted molar refractivity (Wildman–Crippen MR) is 84.4 cm³/mol. The van der Waals surface area contributed by atoms with E-state index in [0.29, 0.717) is 12.2 Å². The van der Waals surface area contributed by atoms with E-state index < -0.39 is 0 Å². The molecular formula is C17H19FN2O2. The molecular weight excluding hydrogens is 283 g/mol. The maximum Gasteiger partial charge on any atom is 0.238 e. The number of nitrogens with zero attached hydrogens (tertiary/aromatic N) is 1. The van der Waals surface area contributed by atoms with E-state index in [9.17, 15) is 9.18 Å². The number of benzene rings is 2. The van der Waals surface area contributed by atoms with E-state index in [4.69, 9.17) is 4.74 Å². The fourth-order valence-corrected chi connectivity index (χ4v) is 2.12. The minimum absolute atomic E-state index is 0.121. The molecule has 0 aliphatic rings. The molecule has 1 amide bonds. The summed E-state index contributed by atoms with van der Waals surface area (Å²) in [5.41, 5.74) is 1.55. The molecule has 0 aliphatic carbocycles. The van der Waals surface area contributed by atoms with Gasteiger partial charge in [-0.1, -0.05) is 12.1 Å². The number of rotatable bonds is 6. The zero-order valence-corrected chi connectivity index (χ0v) is 12.7. The molecule has 4 nitrogen and oxygen atoms in total. The summed E-state index contributed by atoms with van der Waals surface area (Å²) in [4.78, 5) is 13.8. The first-order chi connectivity index (χ1) is 10.6. The Kier molecular flexibility index (Phi) is 5.49. The lowest BCUT2D eigenvalue weighted by Gasteiger charge is -2.16. The Morgan fingerprint density at radius 3 is 2.59 bits per heavy atom. The zero-order chi connectivity index (χ0) is 15.9. The Hall–Kier alpha value is -2.40. The molecule has 5 heteroatoms. The lowest BCUT2D eigenvalue weighted by molar-refractivity contribution is -0.117. The second-order valence-corrected chi connectivity index (χ2v) is 5.08. The quantitative estimate of drug-likeness (QED) is 0.892. The number of hydrogen-bond donors (Lipinski definition) is 1. The molecule has 0 unspecified atom stereocenters. The maximum atomic E-state index is 13.1. The third kappa shape index (κ3) is 4.86. The van der Waals surface area contributed by atoms with Gasteiger partial charge in [-0.05, 0) is 49.0 Å². The Balaban J connectivity index is 1.85. The van der Waals surface area contributed by atoms with Gasteiger partial charge in [-0.25, -0.2) is 4.39 Å². The topological polar surface area (TPSA) is 41.6 Å². The van der Waals surface area contributed by atoms with Crippen molar-refractivity contribution >= 4 is 11.6 Å². The van der Waals surface area contributed by atoms with Crippen LogP contribution >= 0.6 is 0 Å². The minimum Gasteiger partial charge on any atom is -0.497 e. The van der Waals surface area contributed by atoms with Crippen LogP contribution in [0.1, 0.15) is 5.56 Å². The van der Waals surface area contributed by atoms with Gasteiger partial charge in [0.25, 0.3) is 0 Å². The van der Waals surface area contributed by atoms with E-state index >= 15 is 0 Å². The van der Waals surface area contributed by atoms with Gasteiger partial charge >= 0.3 is 0 Å². The van der Waals surface area contributed by atoms with Crippen LogP contribution in [0.15, 0.2) is 48.5 Å². The average molecular weight is 302 g/mol. The van der Waals surface area contributed by atoms with Gasteiger partial charge < -0.3 is 10.1 Å². The highest BCUT2D eigenvalue weighted by atomic mass is 19.1. The third-order valence-corrected chi connectivity index (χ3v) is 3.13. The van der Waals surface area contributed by atoms with Crippen LogP contribution < -0.4 is 10.1 Å². The van der Waals surface area contributed by atoms with Crippen molar-refractivity contribution in [3.63, 3.8) is 0 Å². The molecule has 0 saturated carbocycles. The smallest absolute Gasteiger partial charge is 0.238 e. The molecule has 22 heavy (non-hydrogen) atoms. The van der Waals surface area contributed by atoms with Crippen LogP contribution in [0, 0.1) is 5.82 Å². The normalized spacial score (nSPS) is 10.5. The first kappa shape index (κ1) is 16.0. The zero-order valence-electron chi connectivity index (χ0n) is 12.7. The summed E-state index contributed by atoms with van der Waals surface area (Å²) in [5, 5.41) is 2.81. The summed E-state index contributed by atoms with van der Waals surface area (Å²) in [6.07, 6.45) is 0. The molecule has 0 aliphatic heterocycles. The molecule has 0 heterocycles. The highest BCUT2D eigenvalue weighted by Crippen LogP contribution is 2.15. The van der Waals surface area contributed by atoms with Gasteiger partial charge in [-0.3, -0.25) is 9.69 Å². The standard InChI is InChI=1S/C17H19FN2O2/c1-20(11-13-4-3-5-14(18)10-13)12-17(21)19-15-6-8-16(22-2)9-7-15/h3-10H,11-12H2,1-2H3,(H,19,21). The van der Waals surface area contributed by atoms with Crippen molar-refractivity contribution in [2.24, 2.45) is 0 Å². The van der Waals surface area contributed by atoms with E-state index in [-0.39, 0.29) is 18.3 Å². The number of nitrogens with one attached hydrogen (secondary N) is 1. The third-order valence-electron chi connectivity index (χ3n) is 3.13. The van der Waals surface area contributed by atoms with Gasteiger partial charge in [0, 0.05) is 12.2 Å². The largest absolute Gasteiger partial charge is 0.497 e. The first-order valence-corrected chi connectivity index (χ1v) is 6.93. The SMILES string of the molecule is COc1ccc(NC(=O)CN(C)Cc2cccc(F)c2)cc1. The van der Waals surface area contributed by atoms with Crippen LogP contribution in [-0.2, 0) is 11.3 Å². The van der Waals surface area contributed by atoms with Crippen molar-refractivity contribution in [1.82, 2.24) is 4.90 Å².